The predicted molar refractivity (Wildman–Crippen MR) is 85.8 cm³/mol. The number of hydrogen-bond donors (Lipinski definition) is 2. The zero-order chi connectivity index (χ0) is 17.0. The largest absolute Gasteiger partial charge is 0.376 e. The van der Waals surface area contributed by atoms with Crippen molar-refractivity contribution in [3.05, 3.63) is 35.6 Å². The summed E-state index contributed by atoms with van der Waals surface area (Å²) >= 11 is 0. The van der Waals surface area contributed by atoms with E-state index in [9.17, 15) is 12.8 Å². The van der Waals surface area contributed by atoms with Crippen LogP contribution < -0.4 is 5.32 Å². The fourth-order valence-corrected chi connectivity index (χ4v) is 5.81. The number of rotatable bonds is 1. The Morgan fingerprint density at radius 1 is 1.35 bits per heavy atom. The zero-order valence-electron chi connectivity index (χ0n) is 13.4. The van der Waals surface area contributed by atoms with Gasteiger partial charge in [-0.15, -0.1) is 0 Å². The Morgan fingerprint density at radius 2 is 2.00 bits per heavy atom. The van der Waals surface area contributed by atoms with Crippen LogP contribution in [0.3, 0.4) is 0 Å². The highest BCUT2D eigenvalue weighted by Crippen LogP contribution is 2.45. The first-order valence-electron chi connectivity index (χ1n) is 7.60. The number of benzene rings is 1. The van der Waals surface area contributed by atoms with E-state index in [1.54, 1.807) is 18.2 Å². The van der Waals surface area contributed by atoms with Crippen LogP contribution in [0.25, 0.3) is 0 Å². The third kappa shape index (κ3) is 2.13. The summed E-state index contributed by atoms with van der Waals surface area (Å²) in [6, 6.07) is 6.09. The molecule has 0 saturated carbocycles. The van der Waals surface area contributed by atoms with Gasteiger partial charge in [0.05, 0.1) is 18.0 Å². The molecule has 3 atom stereocenters. The molecule has 0 radical (unpaired) electrons. The molecule has 2 aliphatic rings. The lowest BCUT2D eigenvalue weighted by Crippen LogP contribution is -2.73. The Kier molecular flexibility index (Phi) is 3.57. The van der Waals surface area contributed by atoms with E-state index >= 15 is 0 Å². The molecule has 1 aromatic carbocycles. The molecule has 0 spiro atoms. The minimum absolute atomic E-state index is 0.0114. The Hall–Kier alpha value is -1.47. The first-order valence-corrected chi connectivity index (χ1v) is 9.15. The standard InChI is InChI=1S/C16H21FN2O3S/c1-10-8-13-16(9-22-10,11-6-4-5-7-12(11)17)19-14(18)15(2,3)23(13,20)21/h4-7,10,13H,8-9H2,1-3H3,(H2,18,19)/t10-,13+,16+/m0/s1. The number of fused-ring (bicyclic) bond motifs is 1. The lowest BCUT2D eigenvalue weighted by Gasteiger charge is -2.53. The molecule has 23 heavy (non-hydrogen) atoms. The lowest BCUT2D eigenvalue weighted by molar-refractivity contribution is -0.0270. The summed E-state index contributed by atoms with van der Waals surface area (Å²) < 4.78 is 45.1. The molecule has 2 saturated heterocycles. The van der Waals surface area contributed by atoms with Crippen LogP contribution >= 0.6 is 0 Å². The van der Waals surface area contributed by atoms with Crippen molar-refractivity contribution >= 4 is 15.7 Å². The average Bonchev–Trinajstić information content (AvgIpc) is 2.48. The molecule has 1 aromatic rings. The Balaban J connectivity index is 2.25. The fourth-order valence-electron chi connectivity index (χ4n) is 3.46. The molecular formula is C16H21FN2O3S. The minimum atomic E-state index is -3.70. The molecule has 3 rings (SSSR count). The smallest absolute Gasteiger partial charge is 0.168 e. The van der Waals surface area contributed by atoms with Crippen molar-refractivity contribution < 1.29 is 17.5 Å². The second-order valence-corrected chi connectivity index (χ2v) is 9.53. The molecule has 0 amide bonds. The van der Waals surface area contributed by atoms with Gasteiger partial charge in [-0.05, 0) is 33.3 Å². The van der Waals surface area contributed by atoms with Crippen molar-refractivity contribution in [3.8, 4) is 0 Å². The van der Waals surface area contributed by atoms with E-state index in [4.69, 9.17) is 10.1 Å². The van der Waals surface area contributed by atoms with E-state index in [2.05, 4.69) is 5.32 Å². The van der Waals surface area contributed by atoms with E-state index in [1.807, 2.05) is 6.92 Å². The van der Waals surface area contributed by atoms with Crippen LogP contribution in [0.2, 0.25) is 0 Å². The van der Waals surface area contributed by atoms with Crippen molar-refractivity contribution in [2.24, 2.45) is 0 Å². The van der Waals surface area contributed by atoms with Crippen LogP contribution in [0.1, 0.15) is 32.8 Å². The Bertz CT molecular complexity index is 762. The van der Waals surface area contributed by atoms with Crippen LogP contribution in [0.5, 0.6) is 0 Å². The maximum atomic E-state index is 14.4. The van der Waals surface area contributed by atoms with Gasteiger partial charge in [-0.3, -0.25) is 5.41 Å². The molecule has 7 heteroatoms. The second kappa shape index (κ2) is 5.01. The van der Waals surface area contributed by atoms with Crippen LogP contribution in [0, 0.1) is 11.2 Å². The molecule has 0 bridgehead atoms. The number of amidine groups is 1. The Labute approximate surface area is 135 Å². The first kappa shape index (κ1) is 16.4. The van der Waals surface area contributed by atoms with Crippen molar-refractivity contribution in [2.75, 3.05) is 6.61 Å². The van der Waals surface area contributed by atoms with Gasteiger partial charge in [0.2, 0.25) is 0 Å². The van der Waals surface area contributed by atoms with Gasteiger partial charge in [-0.2, -0.15) is 0 Å². The monoisotopic (exact) mass is 340 g/mol. The van der Waals surface area contributed by atoms with Crippen molar-refractivity contribution in [1.29, 1.82) is 5.41 Å². The highest BCUT2D eigenvalue weighted by Gasteiger charge is 2.62. The molecule has 2 N–H and O–H groups in total. The highest BCUT2D eigenvalue weighted by atomic mass is 32.2. The molecular weight excluding hydrogens is 319 g/mol. The predicted octanol–water partition coefficient (Wildman–Crippen LogP) is 1.97. The van der Waals surface area contributed by atoms with Gasteiger partial charge in [-0.25, -0.2) is 12.8 Å². The van der Waals surface area contributed by atoms with Crippen LogP contribution in [0.15, 0.2) is 24.3 Å². The molecule has 0 aliphatic carbocycles. The van der Waals surface area contributed by atoms with E-state index in [0.717, 1.165) is 0 Å². The van der Waals surface area contributed by atoms with Crippen molar-refractivity contribution in [1.82, 2.24) is 5.32 Å². The summed E-state index contributed by atoms with van der Waals surface area (Å²) in [6.45, 7) is 4.86. The van der Waals surface area contributed by atoms with Crippen molar-refractivity contribution in [3.63, 3.8) is 0 Å². The minimum Gasteiger partial charge on any atom is -0.376 e. The highest BCUT2D eigenvalue weighted by molar-refractivity contribution is 7.94. The average molecular weight is 340 g/mol. The van der Waals surface area contributed by atoms with Gasteiger partial charge in [0.1, 0.15) is 21.9 Å². The number of ether oxygens (including phenoxy) is 1. The van der Waals surface area contributed by atoms with Gasteiger partial charge in [0, 0.05) is 5.56 Å². The van der Waals surface area contributed by atoms with Gasteiger partial charge in [-0.1, -0.05) is 18.2 Å². The van der Waals surface area contributed by atoms with Gasteiger partial charge < -0.3 is 10.1 Å². The Morgan fingerprint density at radius 3 is 2.65 bits per heavy atom. The number of sulfone groups is 1. The van der Waals surface area contributed by atoms with E-state index < -0.39 is 31.2 Å². The zero-order valence-corrected chi connectivity index (χ0v) is 14.2. The van der Waals surface area contributed by atoms with E-state index in [-0.39, 0.29) is 30.5 Å². The molecule has 2 aliphatic heterocycles. The number of halogens is 1. The summed E-state index contributed by atoms with van der Waals surface area (Å²) in [4.78, 5) is 0. The van der Waals surface area contributed by atoms with Crippen LogP contribution in [0.4, 0.5) is 4.39 Å². The molecule has 2 heterocycles. The summed E-state index contributed by atoms with van der Waals surface area (Å²) in [5.74, 6) is -0.624. The van der Waals surface area contributed by atoms with E-state index in [1.165, 1.54) is 19.9 Å². The van der Waals surface area contributed by atoms with Crippen LogP contribution in [-0.2, 0) is 20.1 Å². The molecule has 0 unspecified atom stereocenters. The summed E-state index contributed by atoms with van der Waals surface area (Å²) in [7, 11) is -3.70. The summed E-state index contributed by atoms with van der Waals surface area (Å²) in [5, 5.41) is 10.3. The molecule has 5 nitrogen and oxygen atoms in total. The quantitative estimate of drug-likeness (QED) is 0.819. The third-order valence-electron chi connectivity index (χ3n) is 5.08. The number of nitrogens with one attached hydrogen (secondary N) is 2. The topological polar surface area (TPSA) is 79.2 Å². The van der Waals surface area contributed by atoms with E-state index in [0.29, 0.717) is 0 Å². The molecule has 0 aromatic heterocycles. The second-order valence-electron chi connectivity index (χ2n) is 6.85. The summed E-state index contributed by atoms with van der Waals surface area (Å²) in [5.41, 5.74) is -1.02. The van der Waals surface area contributed by atoms with Gasteiger partial charge >= 0.3 is 0 Å². The fraction of sp³-hybridized carbons (Fsp3) is 0.562. The molecule has 2 fully saturated rings. The lowest BCUT2D eigenvalue weighted by atomic mass is 9.81. The maximum Gasteiger partial charge on any atom is 0.168 e. The normalized spacial score (nSPS) is 35.2. The van der Waals surface area contributed by atoms with Crippen LogP contribution in [-0.4, -0.2) is 37.0 Å². The maximum absolute atomic E-state index is 14.4. The SMILES string of the molecule is C[C@H]1C[C@@H]2[C@](c3ccccc3F)(CO1)NC(=N)C(C)(C)S2(=O)=O. The van der Waals surface area contributed by atoms with Crippen molar-refractivity contribution in [2.45, 2.75) is 48.8 Å². The molecule has 126 valence electrons. The summed E-state index contributed by atoms with van der Waals surface area (Å²) in [6.07, 6.45) is 0.0277. The van der Waals surface area contributed by atoms with Gasteiger partial charge in [0.15, 0.2) is 9.84 Å². The third-order valence-corrected chi connectivity index (χ3v) is 8.05. The van der Waals surface area contributed by atoms with Gasteiger partial charge in [0.25, 0.3) is 0 Å². The first-order chi connectivity index (χ1) is 10.6. The number of hydrogen-bond acceptors (Lipinski definition) is 4.